The summed E-state index contributed by atoms with van der Waals surface area (Å²) in [7, 11) is 0. The van der Waals surface area contributed by atoms with Crippen molar-refractivity contribution in [3.63, 3.8) is 0 Å². The lowest BCUT2D eigenvalue weighted by Gasteiger charge is -2.37. The van der Waals surface area contributed by atoms with Crippen LogP contribution in [-0.2, 0) is 6.54 Å². The van der Waals surface area contributed by atoms with E-state index in [0.29, 0.717) is 29.7 Å². The first-order valence-corrected chi connectivity index (χ1v) is 10.5. The van der Waals surface area contributed by atoms with E-state index >= 15 is 0 Å². The Morgan fingerprint density at radius 1 is 1.18 bits per heavy atom. The van der Waals surface area contributed by atoms with Crippen LogP contribution >= 0.6 is 0 Å². The Morgan fingerprint density at radius 2 is 1.94 bits per heavy atom. The number of alkyl halides is 3. The van der Waals surface area contributed by atoms with Gasteiger partial charge in [0.15, 0.2) is 0 Å². The lowest BCUT2D eigenvalue weighted by atomic mass is 9.92. The van der Waals surface area contributed by atoms with Gasteiger partial charge in [-0.2, -0.15) is 18.2 Å². The standard InChI is InChI=1S/C20H21F4N7O2/c1-11-27-28-19(32-11)30-8-12-5-6-13(9-30)16(12)25-17-26-18(31(29-17)10-20(22,23)24)33-15-4-2-3-14(21)7-15/h2-4,7,12-13,16H,5-6,8-10H2,1H3,(H,25,29)/t12-,13+,16-. The van der Waals surface area contributed by atoms with Crippen molar-refractivity contribution in [1.82, 2.24) is 25.0 Å². The van der Waals surface area contributed by atoms with Crippen LogP contribution in [0.5, 0.6) is 11.8 Å². The van der Waals surface area contributed by atoms with E-state index in [-0.39, 0.29) is 35.6 Å². The number of fused-ring (bicyclic) bond motifs is 2. The van der Waals surface area contributed by atoms with Gasteiger partial charge < -0.3 is 19.4 Å². The second-order valence-corrected chi connectivity index (χ2v) is 8.33. The first-order chi connectivity index (χ1) is 15.7. The summed E-state index contributed by atoms with van der Waals surface area (Å²) in [5, 5.41) is 15.1. The van der Waals surface area contributed by atoms with Crippen LogP contribution in [0.2, 0.25) is 0 Å². The minimum Gasteiger partial charge on any atom is -0.424 e. The molecule has 2 aromatic heterocycles. The molecule has 33 heavy (non-hydrogen) atoms. The number of nitrogens with one attached hydrogen (secondary N) is 1. The smallest absolute Gasteiger partial charge is 0.408 e. The third-order valence-electron chi connectivity index (χ3n) is 5.89. The van der Waals surface area contributed by atoms with Crippen LogP contribution < -0.4 is 15.0 Å². The average molecular weight is 467 g/mol. The van der Waals surface area contributed by atoms with Crippen LogP contribution in [0.1, 0.15) is 18.7 Å². The summed E-state index contributed by atoms with van der Waals surface area (Å²) >= 11 is 0. The summed E-state index contributed by atoms with van der Waals surface area (Å²) in [6.07, 6.45) is -2.64. The van der Waals surface area contributed by atoms with E-state index in [2.05, 4.69) is 25.6 Å². The number of hydrogen-bond acceptors (Lipinski definition) is 8. The number of aromatic nitrogens is 5. The molecule has 0 unspecified atom stereocenters. The molecule has 1 N–H and O–H groups in total. The van der Waals surface area contributed by atoms with Gasteiger partial charge >= 0.3 is 18.2 Å². The summed E-state index contributed by atoms with van der Waals surface area (Å²) in [6, 6.07) is 5.18. The fraction of sp³-hybridized carbons (Fsp3) is 0.500. The first-order valence-electron chi connectivity index (χ1n) is 10.5. The Kier molecular flexibility index (Phi) is 5.33. The number of aryl methyl sites for hydroxylation is 1. The molecular formula is C20H21F4N7O2. The van der Waals surface area contributed by atoms with E-state index in [1.807, 2.05) is 4.90 Å². The molecule has 1 aliphatic carbocycles. The van der Waals surface area contributed by atoms with E-state index in [1.54, 1.807) is 6.92 Å². The zero-order chi connectivity index (χ0) is 23.2. The highest BCUT2D eigenvalue weighted by Crippen LogP contribution is 2.40. The van der Waals surface area contributed by atoms with E-state index in [1.165, 1.54) is 18.2 Å². The minimum absolute atomic E-state index is 0.0194. The maximum atomic E-state index is 13.5. The molecule has 9 nitrogen and oxygen atoms in total. The fourth-order valence-electron chi connectivity index (χ4n) is 4.55. The molecule has 1 aliphatic heterocycles. The lowest BCUT2D eigenvalue weighted by Crippen LogP contribution is -2.48. The molecule has 0 amide bonds. The molecular weight excluding hydrogens is 446 g/mol. The molecule has 3 atom stereocenters. The summed E-state index contributed by atoms with van der Waals surface area (Å²) in [6.45, 7) is 1.69. The van der Waals surface area contributed by atoms with Gasteiger partial charge in [-0.05, 0) is 36.8 Å². The molecule has 0 spiro atoms. The van der Waals surface area contributed by atoms with Crippen molar-refractivity contribution in [2.75, 3.05) is 23.3 Å². The summed E-state index contributed by atoms with van der Waals surface area (Å²) in [5.41, 5.74) is 0. The monoisotopic (exact) mass is 467 g/mol. The van der Waals surface area contributed by atoms with Crippen molar-refractivity contribution in [2.45, 2.75) is 38.5 Å². The van der Waals surface area contributed by atoms with E-state index < -0.39 is 18.5 Å². The molecule has 13 heteroatoms. The third-order valence-corrected chi connectivity index (χ3v) is 5.89. The number of benzene rings is 1. The Labute approximate surface area is 185 Å². The van der Waals surface area contributed by atoms with E-state index in [4.69, 9.17) is 9.15 Å². The lowest BCUT2D eigenvalue weighted by molar-refractivity contribution is -0.143. The maximum Gasteiger partial charge on any atom is 0.408 e. The molecule has 1 aromatic carbocycles. The van der Waals surface area contributed by atoms with Gasteiger partial charge in [0.25, 0.3) is 0 Å². The summed E-state index contributed by atoms with van der Waals surface area (Å²) in [4.78, 5) is 6.17. The SMILES string of the molecule is Cc1nnc(N2C[C@H]3CC[C@@H](C2)[C@@H]3Nc2nc(Oc3cccc(F)c3)n(CC(F)(F)F)n2)o1. The first kappa shape index (κ1) is 21.5. The number of rotatable bonds is 6. The van der Waals surface area contributed by atoms with Gasteiger partial charge in [0.2, 0.25) is 11.8 Å². The number of hydrogen-bond donors (Lipinski definition) is 1. The van der Waals surface area contributed by atoms with Crippen molar-refractivity contribution >= 4 is 12.0 Å². The van der Waals surface area contributed by atoms with Crippen LogP contribution in [0.15, 0.2) is 28.7 Å². The van der Waals surface area contributed by atoms with Gasteiger partial charge in [-0.25, -0.2) is 9.07 Å². The van der Waals surface area contributed by atoms with Crippen molar-refractivity contribution in [3.05, 3.63) is 36.0 Å². The highest BCUT2D eigenvalue weighted by molar-refractivity contribution is 5.35. The van der Waals surface area contributed by atoms with Crippen LogP contribution in [-0.4, -0.2) is 50.3 Å². The van der Waals surface area contributed by atoms with Crippen molar-refractivity contribution in [1.29, 1.82) is 0 Å². The predicted molar refractivity (Wildman–Crippen MR) is 107 cm³/mol. The average Bonchev–Trinajstić information content (AvgIpc) is 3.37. The molecule has 2 fully saturated rings. The highest BCUT2D eigenvalue weighted by Gasteiger charge is 2.44. The minimum atomic E-state index is -4.53. The van der Waals surface area contributed by atoms with Gasteiger partial charge in [0.05, 0.1) is 0 Å². The molecule has 176 valence electrons. The second kappa shape index (κ2) is 8.19. The molecule has 3 heterocycles. The molecule has 1 saturated carbocycles. The Hall–Kier alpha value is -3.38. The Balaban J connectivity index is 1.34. The van der Waals surface area contributed by atoms with Crippen LogP contribution in [0.3, 0.4) is 0 Å². The van der Waals surface area contributed by atoms with Gasteiger partial charge in [-0.3, -0.25) is 0 Å². The van der Waals surface area contributed by atoms with Gasteiger partial charge in [0, 0.05) is 32.1 Å². The van der Waals surface area contributed by atoms with Gasteiger partial charge in [0.1, 0.15) is 18.1 Å². The molecule has 1 saturated heterocycles. The largest absolute Gasteiger partial charge is 0.424 e. The summed E-state index contributed by atoms with van der Waals surface area (Å²) in [5.74, 6) is 0.391. The van der Waals surface area contributed by atoms with Gasteiger partial charge in [-0.15, -0.1) is 10.2 Å². The van der Waals surface area contributed by atoms with E-state index in [0.717, 1.165) is 18.9 Å². The fourth-order valence-corrected chi connectivity index (χ4v) is 4.55. The number of halogens is 4. The van der Waals surface area contributed by atoms with Crippen molar-refractivity contribution < 1.29 is 26.7 Å². The van der Waals surface area contributed by atoms with Gasteiger partial charge in [-0.1, -0.05) is 11.2 Å². The number of piperidine rings is 1. The topological polar surface area (TPSA) is 94.1 Å². The molecule has 3 aromatic rings. The molecule has 2 bridgehead atoms. The molecule has 0 radical (unpaired) electrons. The number of nitrogens with zero attached hydrogens (tertiary/aromatic N) is 6. The highest BCUT2D eigenvalue weighted by atomic mass is 19.4. The molecule has 2 aliphatic rings. The van der Waals surface area contributed by atoms with E-state index in [9.17, 15) is 17.6 Å². The van der Waals surface area contributed by atoms with Crippen LogP contribution in [0.4, 0.5) is 29.5 Å². The Morgan fingerprint density at radius 3 is 2.58 bits per heavy atom. The number of ether oxygens (including phenoxy) is 1. The Bertz CT molecular complexity index is 1120. The van der Waals surface area contributed by atoms with Crippen molar-refractivity contribution in [2.24, 2.45) is 11.8 Å². The van der Waals surface area contributed by atoms with Crippen molar-refractivity contribution in [3.8, 4) is 11.8 Å². The zero-order valence-electron chi connectivity index (χ0n) is 17.6. The third kappa shape index (κ3) is 4.71. The molecule has 5 rings (SSSR count). The second-order valence-electron chi connectivity index (χ2n) is 8.33. The van der Waals surface area contributed by atoms with Crippen LogP contribution in [0, 0.1) is 24.6 Å². The normalized spacial score (nSPS) is 22.6. The quantitative estimate of drug-likeness (QED) is 0.548. The maximum absolute atomic E-state index is 13.5. The summed E-state index contributed by atoms with van der Waals surface area (Å²) < 4.78 is 64.3. The zero-order valence-corrected chi connectivity index (χ0v) is 17.6. The van der Waals surface area contributed by atoms with Crippen LogP contribution in [0.25, 0.3) is 0 Å². The number of anilines is 2. The predicted octanol–water partition coefficient (Wildman–Crippen LogP) is 3.79.